The second kappa shape index (κ2) is 4.30. The average molecular weight is 258 g/mol. The van der Waals surface area contributed by atoms with Crippen molar-refractivity contribution >= 4 is 15.8 Å². The maximum atomic E-state index is 12.1. The molecule has 96 valence electrons. The van der Waals surface area contributed by atoms with Crippen molar-refractivity contribution in [2.45, 2.75) is 37.1 Å². The molecule has 1 aliphatic rings. The number of anilines is 1. The van der Waals surface area contributed by atoms with Gasteiger partial charge in [0.25, 0.3) is 0 Å². The second-order valence-electron chi connectivity index (χ2n) is 4.79. The minimum absolute atomic E-state index is 0.0228. The lowest BCUT2D eigenvalue weighted by Crippen LogP contribution is -2.33. The van der Waals surface area contributed by atoms with E-state index < -0.39 is 10.0 Å². The van der Waals surface area contributed by atoms with Crippen LogP contribution in [-0.2, 0) is 17.1 Å². The third-order valence-electron chi connectivity index (χ3n) is 3.13. The molecule has 0 spiro atoms. The van der Waals surface area contributed by atoms with Crippen LogP contribution in [0.3, 0.4) is 0 Å². The first-order valence-corrected chi connectivity index (χ1v) is 7.18. The fourth-order valence-electron chi connectivity index (χ4n) is 2.29. The van der Waals surface area contributed by atoms with E-state index in [2.05, 4.69) is 16.7 Å². The molecule has 3 N–H and O–H groups in total. The van der Waals surface area contributed by atoms with Crippen molar-refractivity contribution in [3.8, 4) is 0 Å². The van der Waals surface area contributed by atoms with Gasteiger partial charge >= 0.3 is 0 Å². The van der Waals surface area contributed by atoms with Crippen molar-refractivity contribution in [1.29, 1.82) is 0 Å². The molecule has 2 unspecified atom stereocenters. The Labute approximate surface area is 101 Å². The lowest BCUT2D eigenvalue weighted by molar-refractivity contribution is 0.538. The van der Waals surface area contributed by atoms with Gasteiger partial charge in [-0.25, -0.2) is 13.1 Å². The summed E-state index contributed by atoms with van der Waals surface area (Å²) in [7, 11) is -1.89. The number of nitrogen functional groups attached to an aromatic ring is 1. The second-order valence-corrected chi connectivity index (χ2v) is 6.47. The first kappa shape index (κ1) is 12.4. The van der Waals surface area contributed by atoms with Crippen LogP contribution < -0.4 is 10.5 Å². The van der Waals surface area contributed by atoms with Gasteiger partial charge in [0.2, 0.25) is 10.0 Å². The number of aromatic nitrogens is 2. The molecule has 1 aromatic heterocycles. The molecule has 1 aromatic rings. The molecule has 0 amide bonds. The number of aryl methyl sites for hydroxylation is 1. The van der Waals surface area contributed by atoms with E-state index in [0.29, 0.717) is 5.92 Å². The Morgan fingerprint density at radius 2 is 2.24 bits per heavy atom. The highest BCUT2D eigenvalue weighted by atomic mass is 32.2. The standard InChI is InChI=1S/C10H18N4O2S/c1-7-3-4-8(5-7)13-17(15,16)9-6-14(2)12-10(9)11/h6-8,13H,3-5H2,1-2H3,(H2,11,12). The van der Waals surface area contributed by atoms with Crippen molar-refractivity contribution in [1.82, 2.24) is 14.5 Å². The maximum Gasteiger partial charge on any atom is 0.246 e. The van der Waals surface area contributed by atoms with Gasteiger partial charge in [-0.05, 0) is 25.2 Å². The SMILES string of the molecule is CC1CCC(NS(=O)(=O)c2cn(C)nc2N)C1. The molecular formula is C10H18N4O2S. The number of nitrogens with two attached hydrogens (primary N) is 1. The molecule has 1 fully saturated rings. The van der Waals surface area contributed by atoms with Gasteiger partial charge in [-0.1, -0.05) is 6.92 Å². The Hall–Kier alpha value is -1.08. The van der Waals surface area contributed by atoms with Crippen molar-refractivity contribution in [3.05, 3.63) is 6.20 Å². The van der Waals surface area contributed by atoms with Gasteiger partial charge in [0.15, 0.2) is 5.82 Å². The van der Waals surface area contributed by atoms with Gasteiger partial charge in [-0.3, -0.25) is 4.68 Å². The van der Waals surface area contributed by atoms with Crippen molar-refractivity contribution < 1.29 is 8.42 Å². The summed E-state index contributed by atoms with van der Waals surface area (Å²) in [6, 6.07) is 0.0228. The van der Waals surface area contributed by atoms with Crippen molar-refractivity contribution in [2.75, 3.05) is 5.73 Å². The van der Waals surface area contributed by atoms with Gasteiger partial charge in [-0.15, -0.1) is 0 Å². The highest BCUT2D eigenvalue weighted by Gasteiger charge is 2.28. The van der Waals surface area contributed by atoms with Crippen LogP contribution in [0, 0.1) is 5.92 Å². The number of sulfonamides is 1. The van der Waals surface area contributed by atoms with E-state index in [4.69, 9.17) is 5.73 Å². The summed E-state index contributed by atoms with van der Waals surface area (Å²) in [5, 5.41) is 3.84. The Balaban J connectivity index is 2.17. The van der Waals surface area contributed by atoms with Gasteiger partial charge in [0, 0.05) is 19.3 Å². The van der Waals surface area contributed by atoms with Crippen LogP contribution in [0.15, 0.2) is 11.1 Å². The van der Waals surface area contributed by atoms with E-state index in [1.54, 1.807) is 7.05 Å². The van der Waals surface area contributed by atoms with Crippen LogP contribution >= 0.6 is 0 Å². The molecular weight excluding hydrogens is 240 g/mol. The molecule has 0 aliphatic heterocycles. The van der Waals surface area contributed by atoms with Crippen molar-refractivity contribution in [3.63, 3.8) is 0 Å². The van der Waals surface area contributed by atoms with E-state index in [9.17, 15) is 8.42 Å². The third-order valence-corrected chi connectivity index (χ3v) is 4.67. The Morgan fingerprint density at radius 3 is 2.71 bits per heavy atom. The zero-order chi connectivity index (χ0) is 12.6. The first-order valence-electron chi connectivity index (χ1n) is 5.70. The normalized spacial score (nSPS) is 25.3. The van der Waals surface area contributed by atoms with E-state index in [0.717, 1.165) is 19.3 Å². The van der Waals surface area contributed by atoms with E-state index in [1.165, 1.54) is 10.9 Å². The Kier molecular flexibility index (Phi) is 3.13. The first-order chi connectivity index (χ1) is 7.88. The van der Waals surface area contributed by atoms with Crippen molar-refractivity contribution in [2.24, 2.45) is 13.0 Å². The van der Waals surface area contributed by atoms with Crippen LogP contribution in [-0.4, -0.2) is 24.2 Å². The third kappa shape index (κ3) is 2.61. The number of nitrogens with one attached hydrogen (secondary N) is 1. The van der Waals surface area contributed by atoms with Crippen LogP contribution in [0.1, 0.15) is 26.2 Å². The highest BCUT2D eigenvalue weighted by molar-refractivity contribution is 7.89. The molecule has 0 radical (unpaired) electrons. The summed E-state index contributed by atoms with van der Waals surface area (Å²) in [4.78, 5) is 0.0690. The van der Waals surface area contributed by atoms with Crippen LogP contribution in [0.2, 0.25) is 0 Å². The Morgan fingerprint density at radius 1 is 1.53 bits per heavy atom. The largest absolute Gasteiger partial charge is 0.381 e. The summed E-state index contributed by atoms with van der Waals surface area (Å²) in [5.41, 5.74) is 5.58. The number of hydrogen-bond donors (Lipinski definition) is 2. The average Bonchev–Trinajstić information content (AvgIpc) is 2.72. The monoisotopic (exact) mass is 258 g/mol. The smallest absolute Gasteiger partial charge is 0.246 e. The molecule has 17 heavy (non-hydrogen) atoms. The maximum absolute atomic E-state index is 12.1. The molecule has 0 saturated heterocycles. The topological polar surface area (TPSA) is 90.0 Å². The summed E-state index contributed by atoms with van der Waals surface area (Å²) in [5.74, 6) is 0.625. The molecule has 6 nitrogen and oxygen atoms in total. The fourth-order valence-corrected chi connectivity index (χ4v) is 3.68. The van der Waals surface area contributed by atoms with E-state index in [-0.39, 0.29) is 16.8 Å². The number of nitrogens with zero attached hydrogens (tertiary/aromatic N) is 2. The highest BCUT2D eigenvalue weighted by Crippen LogP contribution is 2.26. The van der Waals surface area contributed by atoms with Gasteiger partial charge in [-0.2, -0.15) is 5.10 Å². The lowest BCUT2D eigenvalue weighted by Gasteiger charge is -2.11. The fraction of sp³-hybridized carbons (Fsp3) is 0.700. The molecule has 1 saturated carbocycles. The predicted molar refractivity (Wildman–Crippen MR) is 64.7 cm³/mol. The van der Waals surface area contributed by atoms with Gasteiger partial charge in [0.1, 0.15) is 4.90 Å². The quantitative estimate of drug-likeness (QED) is 0.824. The molecule has 0 aromatic carbocycles. The number of rotatable bonds is 3. The summed E-state index contributed by atoms with van der Waals surface area (Å²) in [6.07, 6.45) is 4.27. The van der Waals surface area contributed by atoms with Crippen LogP contribution in [0.4, 0.5) is 5.82 Å². The summed E-state index contributed by atoms with van der Waals surface area (Å²) < 4.78 is 28.3. The molecule has 1 aliphatic carbocycles. The molecule has 2 atom stereocenters. The molecule has 0 bridgehead atoms. The van der Waals surface area contributed by atoms with Crippen LogP contribution in [0.25, 0.3) is 0 Å². The van der Waals surface area contributed by atoms with E-state index >= 15 is 0 Å². The number of hydrogen-bond acceptors (Lipinski definition) is 4. The molecule has 7 heteroatoms. The molecule has 2 rings (SSSR count). The summed E-state index contributed by atoms with van der Waals surface area (Å²) in [6.45, 7) is 2.13. The minimum atomic E-state index is -3.54. The minimum Gasteiger partial charge on any atom is -0.381 e. The van der Waals surface area contributed by atoms with Gasteiger partial charge < -0.3 is 5.73 Å². The lowest BCUT2D eigenvalue weighted by atomic mass is 10.1. The zero-order valence-corrected chi connectivity index (χ0v) is 10.9. The molecule has 1 heterocycles. The van der Waals surface area contributed by atoms with Crippen LogP contribution in [0.5, 0.6) is 0 Å². The van der Waals surface area contributed by atoms with E-state index in [1.807, 2.05) is 0 Å². The Bertz CT molecular complexity index is 508. The van der Waals surface area contributed by atoms with Gasteiger partial charge in [0.05, 0.1) is 0 Å². The summed E-state index contributed by atoms with van der Waals surface area (Å²) >= 11 is 0. The predicted octanol–water partition coefficient (Wildman–Crippen LogP) is 0.469. The zero-order valence-electron chi connectivity index (χ0n) is 10.0.